The number of para-hydroxylation sites is 1. The van der Waals surface area contributed by atoms with Gasteiger partial charge in [0.15, 0.2) is 5.76 Å². The Morgan fingerprint density at radius 2 is 2.00 bits per heavy atom. The van der Waals surface area contributed by atoms with Crippen molar-refractivity contribution in [1.82, 2.24) is 9.88 Å². The normalized spacial score (nSPS) is 16.7. The zero-order chi connectivity index (χ0) is 22.0. The maximum atomic E-state index is 13.4. The summed E-state index contributed by atoms with van der Waals surface area (Å²) in [5.41, 5.74) is 1.25. The third kappa shape index (κ3) is 4.11. The van der Waals surface area contributed by atoms with Gasteiger partial charge < -0.3 is 19.5 Å². The highest BCUT2D eigenvalue weighted by atomic mass is 32.1. The average Bonchev–Trinajstić information content (AvgIpc) is 3.17. The number of methoxy groups -OCH3 is 1. The van der Waals surface area contributed by atoms with E-state index in [0.29, 0.717) is 21.9 Å². The van der Waals surface area contributed by atoms with E-state index in [-0.39, 0.29) is 24.8 Å². The number of carbonyl (C=O) groups is 2. The molecule has 0 saturated carbocycles. The minimum absolute atomic E-state index is 0.00195. The Balaban J connectivity index is 2.09. The van der Waals surface area contributed by atoms with Gasteiger partial charge in [-0.2, -0.15) is 0 Å². The number of ketones is 1. The van der Waals surface area contributed by atoms with E-state index in [1.807, 2.05) is 32.9 Å². The van der Waals surface area contributed by atoms with Gasteiger partial charge in [0.1, 0.15) is 5.75 Å². The SMILES string of the molecule is COc1ccccc1C1C(C(=O)c2sc(C)nc2C)=C(O)C(=O)N1CCOC(C)C. The van der Waals surface area contributed by atoms with Gasteiger partial charge in [-0.05, 0) is 33.8 Å². The van der Waals surface area contributed by atoms with Gasteiger partial charge in [-0.25, -0.2) is 4.98 Å². The number of aromatic nitrogens is 1. The number of aliphatic hydroxyl groups is 1. The second-order valence-electron chi connectivity index (χ2n) is 7.30. The Kier molecular flexibility index (Phi) is 6.58. The quantitative estimate of drug-likeness (QED) is 0.642. The van der Waals surface area contributed by atoms with Gasteiger partial charge in [-0.3, -0.25) is 9.59 Å². The van der Waals surface area contributed by atoms with Crippen LogP contribution in [0.4, 0.5) is 0 Å². The Labute approximate surface area is 180 Å². The van der Waals surface area contributed by atoms with Crippen molar-refractivity contribution in [2.45, 2.75) is 39.8 Å². The first kappa shape index (κ1) is 22.0. The van der Waals surface area contributed by atoms with Gasteiger partial charge in [0, 0.05) is 12.1 Å². The number of carbonyl (C=O) groups excluding carboxylic acids is 2. The highest BCUT2D eigenvalue weighted by Crippen LogP contribution is 2.42. The van der Waals surface area contributed by atoms with Gasteiger partial charge in [-0.1, -0.05) is 18.2 Å². The number of aliphatic hydroxyl groups excluding tert-OH is 1. The monoisotopic (exact) mass is 430 g/mol. The largest absolute Gasteiger partial charge is 0.503 e. The molecule has 7 nitrogen and oxygen atoms in total. The molecule has 0 fully saturated rings. The Morgan fingerprint density at radius 3 is 2.60 bits per heavy atom. The van der Waals surface area contributed by atoms with Crippen LogP contribution in [0.15, 0.2) is 35.6 Å². The molecule has 2 aromatic rings. The van der Waals surface area contributed by atoms with Crippen LogP contribution in [0, 0.1) is 13.8 Å². The smallest absolute Gasteiger partial charge is 0.290 e. The Hall–Kier alpha value is -2.71. The molecule has 2 heterocycles. The third-order valence-electron chi connectivity index (χ3n) is 4.87. The van der Waals surface area contributed by atoms with Crippen LogP contribution in [0.5, 0.6) is 5.75 Å². The number of benzene rings is 1. The van der Waals surface area contributed by atoms with E-state index in [1.165, 1.54) is 23.3 Å². The average molecular weight is 431 g/mol. The van der Waals surface area contributed by atoms with Crippen LogP contribution >= 0.6 is 11.3 Å². The molecular formula is C22H26N2O5S. The molecule has 1 atom stereocenters. The van der Waals surface area contributed by atoms with Crippen LogP contribution in [0.2, 0.25) is 0 Å². The molecule has 0 spiro atoms. The van der Waals surface area contributed by atoms with Crippen molar-refractivity contribution in [2.75, 3.05) is 20.3 Å². The van der Waals surface area contributed by atoms with E-state index in [2.05, 4.69) is 4.98 Å². The molecule has 1 N–H and O–H groups in total. The fraction of sp³-hybridized carbons (Fsp3) is 0.409. The van der Waals surface area contributed by atoms with Crippen LogP contribution in [0.25, 0.3) is 0 Å². The molecule has 1 aliphatic rings. The number of hydrogen-bond donors (Lipinski definition) is 1. The number of hydrogen-bond acceptors (Lipinski definition) is 7. The molecule has 1 aromatic carbocycles. The van der Waals surface area contributed by atoms with Crippen LogP contribution in [0.1, 0.15) is 45.8 Å². The lowest BCUT2D eigenvalue weighted by molar-refractivity contribution is -0.130. The maximum Gasteiger partial charge on any atom is 0.290 e. The molecule has 160 valence electrons. The topological polar surface area (TPSA) is 89.0 Å². The predicted octanol–water partition coefficient (Wildman–Crippen LogP) is 3.77. The number of aryl methyl sites for hydroxylation is 2. The summed E-state index contributed by atoms with van der Waals surface area (Å²) in [4.78, 5) is 32.6. The van der Waals surface area contributed by atoms with Crippen molar-refractivity contribution in [2.24, 2.45) is 0 Å². The third-order valence-corrected chi connectivity index (χ3v) is 5.95. The zero-order valence-corrected chi connectivity index (χ0v) is 18.6. The number of Topliss-reactive ketones (excluding diaryl/α,β-unsaturated/α-hetero) is 1. The van der Waals surface area contributed by atoms with E-state index in [1.54, 1.807) is 19.1 Å². The molecule has 8 heteroatoms. The Bertz CT molecular complexity index is 995. The summed E-state index contributed by atoms with van der Waals surface area (Å²) in [5.74, 6) is -0.999. The number of nitrogens with zero attached hydrogens (tertiary/aromatic N) is 2. The fourth-order valence-electron chi connectivity index (χ4n) is 3.58. The minimum atomic E-state index is -0.779. The van der Waals surface area contributed by atoms with Gasteiger partial charge in [-0.15, -0.1) is 11.3 Å². The van der Waals surface area contributed by atoms with E-state index >= 15 is 0 Å². The molecule has 1 aliphatic heterocycles. The van der Waals surface area contributed by atoms with Crippen molar-refractivity contribution in [3.05, 3.63) is 56.7 Å². The highest BCUT2D eigenvalue weighted by molar-refractivity contribution is 7.14. The summed E-state index contributed by atoms with van der Waals surface area (Å²) in [6.07, 6.45) is -0.00195. The zero-order valence-electron chi connectivity index (χ0n) is 17.8. The van der Waals surface area contributed by atoms with Crippen molar-refractivity contribution in [3.63, 3.8) is 0 Å². The second kappa shape index (κ2) is 8.97. The first-order chi connectivity index (χ1) is 14.3. The summed E-state index contributed by atoms with van der Waals surface area (Å²) in [7, 11) is 1.53. The van der Waals surface area contributed by atoms with Crippen molar-refractivity contribution in [3.8, 4) is 5.75 Å². The summed E-state index contributed by atoms with van der Waals surface area (Å²) < 4.78 is 11.1. The first-order valence-electron chi connectivity index (χ1n) is 9.73. The summed E-state index contributed by atoms with van der Waals surface area (Å²) in [6, 6.07) is 6.41. The van der Waals surface area contributed by atoms with E-state index in [0.717, 1.165) is 5.01 Å². The van der Waals surface area contributed by atoms with Crippen molar-refractivity contribution < 1.29 is 24.2 Å². The number of amides is 1. The molecule has 1 aromatic heterocycles. The Morgan fingerprint density at radius 1 is 1.30 bits per heavy atom. The van der Waals surface area contributed by atoms with Crippen molar-refractivity contribution >= 4 is 23.0 Å². The molecular weight excluding hydrogens is 404 g/mol. The van der Waals surface area contributed by atoms with Crippen LogP contribution in [0.3, 0.4) is 0 Å². The van der Waals surface area contributed by atoms with Gasteiger partial charge >= 0.3 is 0 Å². The highest BCUT2D eigenvalue weighted by Gasteiger charge is 2.45. The fourth-order valence-corrected chi connectivity index (χ4v) is 4.46. The number of ether oxygens (including phenoxy) is 2. The predicted molar refractivity (Wildman–Crippen MR) is 114 cm³/mol. The van der Waals surface area contributed by atoms with Crippen LogP contribution < -0.4 is 4.74 Å². The molecule has 1 unspecified atom stereocenters. The lowest BCUT2D eigenvalue weighted by atomic mass is 9.94. The van der Waals surface area contributed by atoms with Gasteiger partial charge in [0.05, 0.1) is 47.0 Å². The van der Waals surface area contributed by atoms with Gasteiger partial charge in [0.25, 0.3) is 5.91 Å². The summed E-state index contributed by atoms with van der Waals surface area (Å²) >= 11 is 1.25. The standard InChI is InChI=1S/C22H26N2O5S/c1-12(2)29-11-10-24-18(15-8-6-7-9-16(15)28-5)17(20(26)22(24)27)19(25)21-13(3)23-14(4)30-21/h6-9,12,18,26H,10-11H2,1-5H3. The first-order valence-corrected chi connectivity index (χ1v) is 10.5. The lowest BCUT2D eigenvalue weighted by Crippen LogP contribution is -2.34. The number of thiazole rings is 1. The number of rotatable bonds is 8. The van der Waals surface area contributed by atoms with Crippen LogP contribution in [-0.4, -0.2) is 53.0 Å². The molecule has 0 bridgehead atoms. The summed E-state index contributed by atoms with van der Waals surface area (Å²) in [5, 5.41) is 11.5. The minimum Gasteiger partial charge on any atom is -0.503 e. The van der Waals surface area contributed by atoms with E-state index in [4.69, 9.17) is 9.47 Å². The second-order valence-corrected chi connectivity index (χ2v) is 8.50. The lowest BCUT2D eigenvalue weighted by Gasteiger charge is -2.28. The molecule has 3 rings (SSSR count). The van der Waals surface area contributed by atoms with Crippen molar-refractivity contribution in [1.29, 1.82) is 0 Å². The molecule has 0 radical (unpaired) electrons. The van der Waals surface area contributed by atoms with Crippen LogP contribution in [-0.2, 0) is 9.53 Å². The molecule has 30 heavy (non-hydrogen) atoms. The molecule has 0 aliphatic carbocycles. The maximum absolute atomic E-state index is 13.4. The molecule has 1 amide bonds. The van der Waals surface area contributed by atoms with Gasteiger partial charge in [0.2, 0.25) is 5.78 Å². The van der Waals surface area contributed by atoms with E-state index < -0.39 is 23.5 Å². The van der Waals surface area contributed by atoms with E-state index in [9.17, 15) is 14.7 Å². The molecule has 0 saturated heterocycles. The summed E-state index contributed by atoms with van der Waals surface area (Å²) in [6.45, 7) is 7.88.